The van der Waals surface area contributed by atoms with Crippen molar-refractivity contribution in [2.75, 3.05) is 67.6 Å². The van der Waals surface area contributed by atoms with Crippen LogP contribution in [0.2, 0.25) is 5.02 Å². The molecule has 2 aromatic rings. The van der Waals surface area contributed by atoms with Crippen molar-refractivity contribution in [2.24, 2.45) is 5.92 Å². The minimum absolute atomic E-state index is 0.0171. The lowest BCUT2D eigenvalue weighted by atomic mass is 9.95. The number of alkyl halides is 3. The van der Waals surface area contributed by atoms with Crippen molar-refractivity contribution in [3.63, 3.8) is 0 Å². The van der Waals surface area contributed by atoms with Gasteiger partial charge in [-0.05, 0) is 50.2 Å². The van der Waals surface area contributed by atoms with E-state index < -0.39 is 35.5 Å². The lowest BCUT2D eigenvalue weighted by Gasteiger charge is -2.39. The van der Waals surface area contributed by atoms with Crippen LogP contribution in [0.25, 0.3) is 0 Å². The number of halogens is 4. The number of aryl methyl sites for hydroxylation is 1. The zero-order valence-electron chi connectivity index (χ0n) is 24.1. The number of para-hydroxylation sites is 1. The van der Waals surface area contributed by atoms with Crippen molar-refractivity contribution in [1.29, 1.82) is 0 Å². The van der Waals surface area contributed by atoms with E-state index in [0.717, 1.165) is 43.1 Å². The van der Waals surface area contributed by atoms with Crippen LogP contribution in [0, 0.1) is 12.8 Å². The molecule has 0 bridgehead atoms. The topological polar surface area (TPSA) is 80.3 Å². The van der Waals surface area contributed by atoms with E-state index in [9.17, 15) is 27.6 Å². The summed E-state index contributed by atoms with van der Waals surface area (Å²) in [6.45, 7) is 9.37. The molecule has 3 aliphatic rings. The van der Waals surface area contributed by atoms with Crippen LogP contribution in [0.15, 0.2) is 43.0 Å². The third-order valence-corrected chi connectivity index (χ3v) is 8.69. The predicted molar refractivity (Wildman–Crippen MR) is 158 cm³/mol. The van der Waals surface area contributed by atoms with Crippen LogP contribution in [0.5, 0.6) is 0 Å². The number of hydrogen-bond donors (Lipinski definition) is 0. The van der Waals surface area contributed by atoms with Gasteiger partial charge in [-0.25, -0.2) is 4.98 Å². The smallest absolute Gasteiger partial charge is 0.368 e. The van der Waals surface area contributed by atoms with Gasteiger partial charge in [0.05, 0.1) is 22.0 Å². The maximum absolute atomic E-state index is 14.0. The summed E-state index contributed by atoms with van der Waals surface area (Å²) in [5.74, 6) is -1.62. The second-order valence-electron chi connectivity index (χ2n) is 11.2. The Labute approximate surface area is 253 Å². The van der Waals surface area contributed by atoms with Gasteiger partial charge in [0, 0.05) is 64.3 Å². The van der Waals surface area contributed by atoms with Gasteiger partial charge in [-0.2, -0.15) is 13.2 Å². The Morgan fingerprint density at radius 2 is 1.86 bits per heavy atom. The molecule has 2 atom stereocenters. The fraction of sp³-hybridized carbons (Fsp3) is 0.467. The summed E-state index contributed by atoms with van der Waals surface area (Å²) >= 11 is 6.71. The van der Waals surface area contributed by atoms with Crippen molar-refractivity contribution in [3.05, 3.63) is 59.3 Å². The molecule has 0 radical (unpaired) electrons. The van der Waals surface area contributed by atoms with E-state index in [1.807, 2.05) is 0 Å². The second kappa shape index (κ2) is 12.2. The third kappa shape index (κ3) is 6.21. The number of likely N-dealkylation sites (N-methyl/N-ethyl adjacent to an activating group) is 1. The number of benzene rings is 1. The number of pyridine rings is 1. The molecule has 0 unspecified atom stereocenters. The Hall–Kier alpha value is -3.64. The van der Waals surface area contributed by atoms with Crippen molar-refractivity contribution in [1.82, 2.24) is 14.8 Å². The highest BCUT2D eigenvalue weighted by Crippen LogP contribution is 2.43. The second-order valence-corrected chi connectivity index (χ2v) is 11.6. The van der Waals surface area contributed by atoms with Crippen LogP contribution in [-0.4, -0.2) is 91.4 Å². The first kappa shape index (κ1) is 30.8. The van der Waals surface area contributed by atoms with Crippen molar-refractivity contribution < 1.29 is 27.6 Å². The quantitative estimate of drug-likeness (QED) is 0.456. The van der Waals surface area contributed by atoms with Crippen LogP contribution in [0.1, 0.15) is 24.1 Å². The summed E-state index contributed by atoms with van der Waals surface area (Å²) in [6.07, 6.45) is -2.57. The average molecular weight is 619 g/mol. The van der Waals surface area contributed by atoms with Crippen LogP contribution < -0.4 is 14.7 Å². The zero-order valence-corrected chi connectivity index (χ0v) is 24.9. The Bertz CT molecular complexity index is 1430. The maximum Gasteiger partial charge on any atom is 0.416 e. The fourth-order valence-corrected chi connectivity index (χ4v) is 6.56. The Morgan fingerprint density at radius 3 is 2.53 bits per heavy atom. The van der Waals surface area contributed by atoms with Crippen LogP contribution in [0.4, 0.5) is 30.4 Å². The maximum atomic E-state index is 14.0. The molecule has 5 rings (SSSR count). The van der Waals surface area contributed by atoms with Gasteiger partial charge in [-0.1, -0.05) is 24.2 Å². The molecule has 230 valence electrons. The van der Waals surface area contributed by atoms with Crippen LogP contribution >= 0.6 is 11.6 Å². The molecule has 9 nitrogen and oxygen atoms in total. The summed E-state index contributed by atoms with van der Waals surface area (Å²) in [4.78, 5) is 52.2. The SMILES string of the molecule is C=CC(=O)N1CCN(CCCN2C[C@H]3CC(=O)N(c4cc(C(F)(F)F)cc(C)n4)[C@@H]3C(=O)N(C)c3cccc(Cl)c32)CC1. The first-order valence-corrected chi connectivity index (χ1v) is 14.6. The number of piperazine rings is 1. The molecule has 2 saturated heterocycles. The highest BCUT2D eigenvalue weighted by molar-refractivity contribution is 6.34. The molecule has 0 aliphatic carbocycles. The van der Waals surface area contributed by atoms with Crippen molar-refractivity contribution in [2.45, 2.75) is 32.0 Å². The van der Waals surface area contributed by atoms with E-state index in [1.54, 1.807) is 30.1 Å². The van der Waals surface area contributed by atoms with Gasteiger partial charge in [-0.15, -0.1) is 0 Å². The molecule has 4 heterocycles. The number of fused-ring (bicyclic) bond motifs is 2. The number of hydrogen-bond acceptors (Lipinski definition) is 6. The summed E-state index contributed by atoms with van der Waals surface area (Å²) in [6, 6.07) is 5.99. The van der Waals surface area contributed by atoms with Gasteiger partial charge in [0.15, 0.2) is 0 Å². The van der Waals surface area contributed by atoms with Gasteiger partial charge < -0.3 is 14.7 Å². The van der Waals surface area contributed by atoms with E-state index in [1.165, 1.54) is 17.9 Å². The largest absolute Gasteiger partial charge is 0.416 e. The van der Waals surface area contributed by atoms with E-state index in [2.05, 4.69) is 21.4 Å². The lowest BCUT2D eigenvalue weighted by molar-refractivity contribution is -0.137. The predicted octanol–water partition coefficient (Wildman–Crippen LogP) is 3.99. The van der Waals surface area contributed by atoms with E-state index in [0.29, 0.717) is 42.6 Å². The van der Waals surface area contributed by atoms with E-state index in [4.69, 9.17) is 11.6 Å². The van der Waals surface area contributed by atoms with E-state index >= 15 is 0 Å². The first-order chi connectivity index (χ1) is 20.4. The molecule has 1 aromatic heterocycles. The third-order valence-electron chi connectivity index (χ3n) is 8.39. The number of rotatable bonds is 6. The Kier molecular flexibility index (Phi) is 8.71. The van der Waals surface area contributed by atoms with Crippen molar-refractivity contribution >= 4 is 46.5 Å². The Morgan fingerprint density at radius 1 is 1.14 bits per heavy atom. The van der Waals surface area contributed by atoms with Gasteiger partial charge in [-0.3, -0.25) is 24.2 Å². The number of amides is 3. The van der Waals surface area contributed by atoms with E-state index in [-0.39, 0.29) is 23.8 Å². The molecule has 3 amide bonds. The molecule has 2 fully saturated rings. The number of aromatic nitrogens is 1. The van der Waals surface area contributed by atoms with Gasteiger partial charge in [0.1, 0.15) is 11.9 Å². The monoisotopic (exact) mass is 618 g/mol. The fourth-order valence-electron chi connectivity index (χ4n) is 6.27. The molecule has 0 spiro atoms. The lowest BCUT2D eigenvalue weighted by Crippen LogP contribution is -2.52. The molecule has 13 heteroatoms. The molecule has 0 N–H and O–H groups in total. The minimum Gasteiger partial charge on any atom is -0.368 e. The van der Waals surface area contributed by atoms with Crippen molar-refractivity contribution in [3.8, 4) is 0 Å². The first-order valence-electron chi connectivity index (χ1n) is 14.2. The number of anilines is 3. The van der Waals surface area contributed by atoms with Crippen LogP contribution in [-0.2, 0) is 20.6 Å². The number of carbonyl (C=O) groups excluding carboxylic acids is 3. The molecule has 3 aliphatic heterocycles. The number of carbonyl (C=O) groups is 3. The Balaban J connectivity index is 1.41. The van der Waals surface area contributed by atoms with Gasteiger partial charge >= 0.3 is 6.18 Å². The zero-order chi connectivity index (χ0) is 31.1. The van der Waals surface area contributed by atoms with Gasteiger partial charge in [0.25, 0.3) is 0 Å². The molecule has 43 heavy (non-hydrogen) atoms. The normalized spacial score (nSPS) is 21.4. The van der Waals surface area contributed by atoms with Crippen LogP contribution in [0.3, 0.4) is 0 Å². The molecular weight excluding hydrogens is 585 g/mol. The molecule has 0 saturated carbocycles. The summed E-state index contributed by atoms with van der Waals surface area (Å²) in [7, 11) is 1.59. The summed E-state index contributed by atoms with van der Waals surface area (Å²) in [5, 5.41) is 0.462. The molecule has 1 aromatic carbocycles. The highest BCUT2D eigenvalue weighted by atomic mass is 35.5. The standard InChI is InChI=1S/C30H34ClF3N6O3/c1-4-25(41)38-13-11-37(12-14-38)9-6-10-39-18-20-16-26(42)40(24-17-21(30(32,33)34)15-19(2)35-24)27(20)29(43)36(3)23-8-5-7-22(31)28(23)39/h4-5,7-8,15,17,20,27H,1,6,9-14,16,18H2,2-3H3/t20-,27+/m1/s1. The van der Waals surface area contributed by atoms with Gasteiger partial charge in [0.2, 0.25) is 17.7 Å². The summed E-state index contributed by atoms with van der Waals surface area (Å²) < 4.78 is 41.0. The summed E-state index contributed by atoms with van der Waals surface area (Å²) in [5.41, 5.74) is 0.409. The number of nitrogens with zero attached hydrogens (tertiary/aromatic N) is 6. The minimum atomic E-state index is -4.63. The molecular formula is C30H34ClF3N6O3. The highest BCUT2D eigenvalue weighted by Gasteiger charge is 2.49. The average Bonchev–Trinajstić information content (AvgIpc) is 3.29.